The van der Waals surface area contributed by atoms with Crippen molar-refractivity contribution in [3.8, 4) is 11.5 Å². The van der Waals surface area contributed by atoms with Crippen LogP contribution in [0.5, 0.6) is 11.5 Å². The SMILES string of the molecule is Oc1ccc2ccccc2c1C=Cc1c(O)ccc2ccccc12. The van der Waals surface area contributed by atoms with Crippen molar-refractivity contribution < 1.29 is 10.2 Å². The highest BCUT2D eigenvalue weighted by Gasteiger charge is 2.06. The zero-order valence-electron chi connectivity index (χ0n) is 13.0. The molecule has 0 saturated carbocycles. The van der Waals surface area contributed by atoms with Gasteiger partial charge in [0.05, 0.1) is 0 Å². The van der Waals surface area contributed by atoms with Crippen molar-refractivity contribution in [3.05, 3.63) is 83.9 Å². The van der Waals surface area contributed by atoms with Gasteiger partial charge >= 0.3 is 0 Å². The van der Waals surface area contributed by atoms with Crippen molar-refractivity contribution in [1.82, 2.24) is 0 Å². The maximum Gasteiger partial charge on any atom is 0.123 e. The van der Waals surface area contributed by atoms with Crippen LogP contribution in [-0.4, -0.2) is 10.2 Å². The molecule has 0 aliphatic heterocycles. The quantitative estimate of drug-likeness (QED) is 0.475. The summed E-state index contributed by atoms with van der Waals surface area (Å²) >= 11 is 0. The Morgan fingerprint density at radius 3 is 1.38 bits per heavy atom. The number of benzene rings is 4. The number of hydrogen-bond acceptors (Lipinski definition) is 2. The molecule has 4 rings (SSSR count). The van der Waals surface area contributed by atoms with Gasteiger partial charge in [-0.2, -0.15) is 0 Å². The summed E-state index contributed by atoms with van der Waals surface area (Å²) in [6, 6.07) is 23.1. The molecule has 4 aromatic carbocycles. The fraction of sp³-hybridized carbons (Fsp3) is 0. The van der Waals surface area contributed by atoms with Gasteiger partial charge in [-0.25, -0.2) is 0 Å². The maximum atomic E-state index is 10.3. The average molecular weight is 312 g/mol. The first-order valence-corrected chi connectivity index (χ1v) is 7.83. The lowest BCUT2D eigenvalue weighted by atomic mass is 10.00. The van der Waals surface area contributed by atoms with Gasteiger partial charge in [-0.3, -0.25) is 0 Å². The van der Waals surface area contributed by atoms with Crippen LogP contribution in [0.25, 0.3) is 33.7 Å². The molecular weight excluding hydrogens is 296 g/mol. The summed E-state index contributed by atoms with van der Waals surface area (Å²) in [6.45, 7) is 0. The molecule has 0 bridgehead atoms. The molecule has 2 heteroatoms. The third kappa shape index (κ3) is 2.38. The number of phenolic OH excluding ortho intramolecular Hbond substituents is 2. The van der Waals surface area contributed by atoms with Crippen LogP contribution in [0.3, 0.4) is 0 Å². The molecule has 0 aromatic heterocycles. The number of aromatic hydroxyl groups is 2. The third-order valence-electron chi connectivity index (χ3n) is 4.31. The lowest BCUT2D eigenvalue weighted by Crippen LogP contribution is -1.82. The van der Waals surface area contributed by atoms with Crippen LogP contribution in [-0.2, 0) is 0 Å². The van der Waals surface area contributed by atoms with Crippen molar-refractivity contribution in [2.75, 3.05) is 0 Å². The van der Waals surface area contributed by atoms with Gasteiger partial charge < -0.3 is 10.2 Å². The summed E-state index contributed by atoms with van der Waals surface area (Å²) in [7, 11) is 0. The zero-order chi connectivity index (χ0) is 16.5. The predicted octanol–water partition coefficient (Wildman–Crippen LogP) is 5.57. The Morgan fingerprint density at radius 1 is 0.500 bits per heavy atom. The molecule has 0 saturated heterocycles. The van der Waals surface area contributed by atoms with Crippen molar-refractivity contribution in [3.63, 3.8) is 0 Å². The molecule has 4 aromatic rings. The lowest BCUT2D eigenvalue weighted by Gasteiger charge is -2.07. The maximum absolute atomic E-state index is 10.3. The van der Waals surface area contributed by atoms with Gasteiger partial charge in [0, 0.05) is 11.1 Å². The first kappa shape index (κ1) is 14.3. The predicted molar refractivity (Wildman–Crippen MR) is 100 cm³/mol. The van der Waals surface area contributed by atoms with Crippen LogP contribution < -0.4 is 0 Å². The van der Waals surface area contributed by atoms with Gasteiger partial charge in [-0.15, -0.1) is 0 Å². The van der Waals surface area contributed by atoms with Crippen LogP contribution in [0.1, 0.15) is 11.1 Å². The third-order valence-corrected chi connectivity index (χ3v) is 4.31. The Hall–Kier alpha value is -3.26. The van der Waals surface area contributed by atoms with E-state index in [4.69, 9.17) is 0 Å². The largest absolute Gasteiger partial charge is 0.507 e. The second kappa shape index (κ2) is 5.74. The minimum Gasteiger partial charge on any atom is -0.507 e. The van der Waals surface area contributed by atoms with E-state index in [0.717, 1.165) is 32.7 Å². The van der Waals surface area contributed by atoms with E-state index in [1.807, 2.05) is 72.8 Å². The van der Waals surface area contributed by atoms with E-state index in [2.05, 4.69) is 0 Å². The van der Waals surface area contributed by atoms with Gasteiger partial charge in [0.25, 0.3) is 0 Å². The fourth-order valence-electron chi connectivity index (χ4n) is 3.09. The average Bonchev–Trinajstić information content (AvgIpc) is 2.62. The Morgan fingerprint density at radius 2 is 0.917 bits per heavy atom. The van der Waals surface area contributed by atoms with Crippen molar-refractivity contribution >= 4 is 33.7 Å². The summed E-state index contributed by atoms with van der Waals surface area (Å²) in [4.78, 5) is 0. The van der Waals surface area contributed by atoms with Gasteiger partial charge in [-0.05, 0) is 45.8 Å². The van der Waals surface area contributed by atoms with Crippen molar-refractivity contribution in [1.29, 1.82) is 0 Å². The summed E-state index contributed by atoms with van der Waals surface area (Å²) in [5.41, 5.74) is 1.50. The van der Waals surface area contributed by atoms with Crippen molar-refractivity contribution in [2.45, 2.75) is 0 Å². The smallest absolute Gasteiger partial charge is 0.123 e. The molecule has 0 amide bonds. The van der Waals surface area contributed by atoms with Gasteiger partial charge in [0.2, 0.25) is 0 Å². The molecule has 0 fully saturated rings. The Kier molecular flexibility index (Phi) is 3.43. The van der Waals surface area contributed by atoms with Gasteiger partial charge in [0.15, 0.2) is 0 Å². The highest BCUT2D eigenvalue weighted by molar-refractivity contribution is 5.99. The monoisotopic (exact) mass is 312 g/mol. The molecule has 2 nitrogen and oxygen atoms in total. The summed E-state index contributed by atoms with van der Waals surface area (Å²) in [5.74, 6) is 0.453. The van der Waals surface area contributed by atoms with E-state index < -0.39 is 0 Å². The molecule has 0 aliphatic carbocycles. The summed E-state index contributed by atoms with van der Waals surface area (Å²) < 4.78 is 0. The molecule has 0 aliphatic rings. The van der Waals surface area contributed by atoms with E-state index in [1.54, 1.807) is 12.1 Å². The van der Waals surface area contributed by atoms with Crippen LogP contribution >= 0.6 is 0 Å². The van der Waals surface area contributed by atoms with E-state index in [0.29, 0.717) is 0 Å². The van der Waals surface area contributed by atoms with Crippen LogP contribution in [0, 0.1) is 0 Å². The number of fused-ring (bicyclic) bond motifs is 2. The first-order chi connectivity index (χ1) is 11.7. The standard InChI is InChI=1S/C22H16O2/c23-21-13-9-15-5-1-3-7-17(15)19(21)11-12-20-18-8-4-2-6-16(18)10-14-22(20)24/h1-14,23-24H. The van der Waals surface area contributed by atoms with E-state index in [9.17, 15) is 10.2 Å². The van der Waals surface area contributed by atoms with E-state index in [1.165, 1.54) is 0 Å². The highest BCUT2D eigenvalue weighted by Crippen LogP contribution is 2.32. The zero-order valence-corrected chi connectivity index (χ0v) is 13.0. The molecule has 0 radical (unpaired) electrons. The normalized spacial score (nSPS) is 11.5. The molecule has 0 unspecified atom stereocenters. The molecule has 24 heavy (non-hydrogen) atoms. The first-order valence-electron chi connectivity index (χ1n) is 7.83. The Balaban J connectivity index is 1.91. The molecular formula is C22H16O2. The van der Waals surface area contributed by atoms with Gasteiger partial charge in [0.1, 0.15) is 11.5 Å². The Bertz CT molecular complexity index is 990. The number of hydrogen-bond donors (Lipinski definition) is 2. The van der Waals surface area contributed by atoms with E-state index in [-0.39, 0.29) is 11.5 Å². The van der Waals surface area contributed by atoms with Crippen molar-refractivity contribution in [2.24, 2.45) is 0 Å². The topological polar surface area (TPSA) is 40.5 Å². The van der Waals surface area contributed by atoms with Crippen LogP contribution in [0.4, 0.5) is 0 Å². The molecule has 0 atom stereocenters. The minimum absolute atomic E-state index is 0.227. The van der Waals surface area contributed by atoms with E-state index >= 15 is 0 Å². The van der Waals surface area contributed by atoms with Crippen LogP contribution in [0.2, 0.25) is 0 Å². The summed E-state index contributed by atoms with van der Waals surface area (Å²) in [6.07, 6.45) is 3.72. The molecule has 0 heterocycles. The van der Waals surface area contributed by atoms with Gasteiger partial charge in [-0.1, -0.05) is 60.7 Å². The molecule has 2 N–H and O–H groups in total. The van der Waals surface area contributed by atoms with Crippen LogP contribution in [0.15, 0.2) is 72.8 Å². The number of rotatable bonds is 2. The lowest BCUT2D eigenvalue weighted by molar-refractivity contribution is 0.474. The summed E-state index contributed by atoms with van der Waals surface area (Å²) in [5, 5.41) is 24.6. The minimum atomic E-state index is 0.227. The second-order valence-corrected chi connectivity index (χ2v) is 5.77. The molecule has 0 spiro atoms. The fourth-order valence-corrected chi connectivity index (χ4v) is 3.09. The molecule has 116 valence electrons. The highest BCUT2D eigenvalue weighted by atomic mass is 16.3. The second-order valence-electron chi connectivity index (χ2n) is 5.77. The Labute approximate surface area is 139 Å². The number of phenols is 2.